The predicted molar refractivity (Wildman–Crippen MR) is 56.7 cm³/mol. The lowest BCUT2D eigenvalue weighted by Crippen LogP contribution is -2.06. The van der Waals surface area contributed by atoms with Crippen molar-refractivity contribution >= 4 is 32.4 Å². The van der Waals surface area contributed by atoms with E-state index in [2.05, 4.69) is 20.9 Å². The van der Waals surface area contributed by atoms with E-state index in [0.29, 0.717) is 11.1 Å². The number of nitrogens with two attached hydrogens (primary N) is 1. The van der Waals surface area contributed by atoms with Crippen molar-refractivity contribution in [1.29, 1.82) is 0 Å². The number of halogens is 1. The number of rotatable bonds is 0. The Morgan fingerprint density at radius 3 is 2.85 bits per heavy atom. The van der Waals surface area contributed by atoms with Crippen LogP contribution in [0.5, 0.6) is 0 Å². The van der Waals surface area contributed by atoms with Gasteiger partial charge in [0.25, 0.3) is 5.56 Å². The van der Waals surface area contributed by atoms with E-state index in [-0.39, 0.29) is 5.56 Å². The molecule has 0 unspecified atom stereocenters. The summed E-state index contributed by atoms with van der Waals surface area (Å²) in [4.78, 5) is 13.9. The van der Waals surface area contributed by atoms with Crippen molar-refractivity contribution in [2.24, 2.45) is 0 Å². The number of aromatic nitrogens is 1. The van der Waals surface area contributed by atoms with Gasteiger partial charge in [-0.05, 0) is 18.2 Å². The van der Waals surface area contributed by atoms with Gasteiger partial charge in [0.05, 0.1) is 5.69 Å². The maximum atomic E-state index is 11.3. The molecule has 0 saturated carbocycles. The Bertz CT molecular complexity index is 518. The number of anilines is 1. The SMILES string of the molecule is Nc1c[nH]c(=O)c2ccc(Br)cc12. The minimum Gasteiger partial charge on any atom is -0.397 e. The normalized spacial score (nSPS) is 10.5. The average molecular weight is 239 g/mol. The highest BCUT2D eigenvalue weighted by Gasteiger charge is 2.01. The van der Waals surface area contributed by atoms with Crippen LogP contribution in [0.15, 0.2) is 33.7 Å². The van der Waals surface area contributed by atoms with E-state index in [4.69, 9.17) is 5.73 Å². The van der Waals surface area contributed by atoms with Crippen molar-refractivity contribution in [3.05, 3.63) is 39.2 Å². The molecule has 1 heterocycles. The molecule has 3 N–H and O–H groups in total. The van der Waals surface area contributed by atoms with Crippen LogP contribution in [0, 0.1) is 0 Å². The molecule has 0 amide bonds. The van der Waals surface area contributed by atoms with Gasteiger partial charge in [-0.2, -0.15) is 0 Å². The Balaban J connectivity index is 3.01. The third kappa shape index (κ3) is 1.33. The number of hydrogen-bond donors (Lipinski definition) is 2. The molecule has 0 saturated heterocycles. The van der Waals surface area contributed by atoms with Gasteiger partial charge in [-0.3, -0.25) is 4.79 Å². The number of hydrogen-bond acceptors (Lipinski definition) is 2. The predicted octanol–water partition coefficient (Wildman–Crippen LogP) is 1.87. The molecule has 0 radical (unpaired) electrons. The molecule has 0 fully saturated rings. The number of H-pyrrole nitrogens is 1. The van der Waals surface area contributed by atoms with Crippen molar-refractivity contribution in [2.75, 3.05) is 5.73 Å². The lowest BCUT2D eigenvalue weighted by Gasteiger charge is -2.00. The second kappa shape index (κ2) is 2.88. The Labute approximate surface area is 82.7 Å². The van der Waals surface area contributed by atoms with Crippen molar-refractivity contribution in [1.82, 2.24) is 4.98 Å². The monoisotopic (exact) mass is 238 g/mol. The van der Waals surface area contributed by atoms with Gasteiger partial charge >= 0.3 is 0 Å². The molecule has 2 rings (SSSR count). The molecule has 0 spiro atoms. The van der Waals surface area contributed by atoms with Crippen LogP contribution >= 0.6 is 15.9 Å². The highest BCUT2D eigenvalue weighted by atomic mass is 79.9. The van der Waals surface area contributed by atoms with E-state index in [0.717, 1.165) is 9.86 Å². The Morgan fingerprint density at radius 2 is 2.08 bits per heavy atom. The van der Waals surface area contributed by atoms with Crippen LogP contribution in [-0.2, 0) is 0 Å². The molecule has 0 aliphatic heterocycles. The minimum absolute atomic E-state index is 0.114. The zero-order valence-corrected chi connectivity index (χ0v) is 8.26. The number of aromatic amines is 1. The van der Waals surface area contributed by atoms with Gasteiger partial charge in [-0.15, -0.1) is 0 Å². The van der Waals surface area contributed by atoms with Gasteiger partial charge in [-0.25, -0.2) is 0 Å². The quantitative estimate of drug-likeness (QED) is 0.737. The molecule has 4 heteroatoms. The highest BCUT2D eigenvalue weighted by molar-refractivity contribution is 9.10. The van der Waals surface area contributed by atoms with Crippen molar-refractivity contribution in [3.63, 3.8) is 0 Å². The third-order valence-corrected chi connectivity index (χ3v) is 2.39. The van der Waals surface area contributed by atoms with Gasteiger partial charge in [-0.1, -0.05) is 15.9 Å². The maximum Gasteiger partial charge on any atom is 0.255 e. The van der Waals surface area contributed by atoms with E-state index < -0.39 is 0 Å². The topological polar surface area (TPSA) is 58.9 Å². The first kappa shape index (κ1) is 8.31. The molecule has 0 aliphatic rings. The maximum absolute atomic E-state index is 11.3. The van der Waals surface area contributed by atoms with E-state index >= 15 is 0 Å². The fourth-order valence-corrected chi connectivity index (χ4v) is 1.61. The summed E-state index contributed by atoms with van der Waals surface area (Å²) in [5.74, 6) is 0. The molecular weight excluding hydrogens is 232 g/mol. The summed E-state index contributed by atoms with van der Waals surface area (Å²) in [6.07, 6.45) is 1.51. The molecule has 0 atom stereocenters. The van der Waals surface area contributed by atoms with E-state index in [1.807, 2.05) is 12.1 Å². The molecule has 1 aromatic heterocycles. The Kier molecular flexibility index (Phi) is 1.84. The van der Waals surface area contributed by atoms with Crippen LogP contribution in [0.2, 0.25) is 0 Å². The summed E-state index contributed by atoms with van der Waals surface area (Å²) in [6.45, 7) is 0. The van der Waals surface area contributed by atoms with Gasteiger partial charge < -0.3 is 10.7 Å². The largest absolute Gasteiger partial charge is 0.397 e. The van der Waals surface area contributed by atoms with Crippen LogP contribution in [0.25, 0.3) is 10.8 Å². The molecule has 1 aromatic carbocycles. The number of fused-ring (bicyclic) bond motifs is 1. The second-order valence-corrected chi connectivity index (χ2v) is 3.68. The van der Waals surface area contributed by atoms with Crippen LogP contribution in [0.4, 0.5) is 5.69 Å². The Morgan fingerprint density at radius 1 is 1.31 bits per heavy atom. The summed E-state index contributed by atoms with van der Waals surface area (Å²) in [5, 5.41) is 1.39. The average Bonchev–Trinajstić information content (AvgIpc) is 2.12. The van der Waals surface area contributed by atoms with Crippen LogP contribution in [0.1, 0.15) is 0 Å². The second-order valence-electron chi connectivity index (χ2n) is 2.76. The van der Waals surface area contributed by atoms with Crippen LogP contribution in [0.3, 0.4) is 0 Å². The lowest BCUT2D eigenvalue weighted by atomic mass is 10.1. The summed E-state index contributed by atoms with van der Waals surface area (Å²) >= 11 is 3.32. The van der Waals surface area contributed by atoms with Crippen molar-refractivity contribution in [3.8, 4) is 0 Å². The zero-order valence-electron chi connectivity index (χ0n) is 6.67. The number of pyridine rings is 1. The van der Waals surface area contributed by atoms with Gasteiger partial charge in [0.1, 0.15) is 0 Å². The van der Waals surface area contributed by atoms with Crippen LogP contribution < -0.4 is 11.3 Å². The van der Waals surface area contributed by atoms with Gasteiger partial charge in [0.15, 0.2) is 0 Å². The number of benzene rings is 1. The summed E-state index contributed by atoms with van der Waals surface area (Å²) < 4.78 is 0.914. The summed E-state index contributed by atoms with van der Waals surface area (Å²) in [7, 11) is 0. The summed E-state index contributed by atoms with van der Waals surface area (Å²) in [6, 6.07) is 5.39. The highest BCUT2D eigenvalue weighted by Crippen LogP contribution is 2.21. The number of nitrogen functional groups attached to an aromatic ring is 1. The van der Waals surface area contributed by atoms with E-state index in [9.17, 15) is 4.79 Å². The van der Waals surface area contributed by atoms with Crippen molar-refractivity contribution < 1.29 is 0 Å². The third-order valence-electron chi connectivity index (χ3n) is 1.90. The van der Waals surface area contributed by atoms with Gasteiger partial charge in [0.2, 0.25) is 0 Å². The first-order valence-electron chi connectivity index (χ1n) is 3.75. The van der Waals surface area contributed by atoms with E-state index in [1.54, 1.807) is 6.07 Å². The summed E-state index contributed by atoms with van der Waals surface area (Å²) in [5.41, 5.74) is 6.17. The lowest BCUT2D eigenvalue weighted by molar-refractivity contribution is 1.28. The zero-order chi connectivity index (χ0) is 9.42. The van der Waals surface area contributed by atoms with Gasteiger partial charge in [0, 0.05) is 21.4 Å². The standard InChI is InChI=1S/C9H7BrN2O/c10-5-1-2-6-7(3-5)8(11)4-12-9(6)13/h1-4H,11H2,(H,12,13). The minimum atomic E-state index is -0.114. The number of nitrogens with one attached hydrogen (secondary N) is 1. The molecule has 13 heavy (non-hydrogen) atoms. The first-order valence-corrected chi connectivity index (χ1v) is 4.54. The fourth-order valence-electron chi connectivity index (χ4n) is 1.25. The smallest absolute Gasteiger partial charge is 0.255 e. The molecular formula is C9H7BrN2O. The molecule has 0 aliphatic carbocycles. The molecule has 66 valence electrons. The van der Waals surface area contributed by atoms with Crippen LogP contribution in [-0.4, -0.2) is 4.98 Å². The Hall–Kier alpha value is -1.29. The molecule has 3 nitrogen and oxygen atoms in total. The van der Waals surface area contributed by atoms with E-state index in [1.165, 1.54) is 6.20 Å². The molecule has 0 bridgehead atoms. The fraction of sp³-hybridized carbons (Fsp3) is 0. The van der Waals surface area contributed by atoms with Crippen molar-refractivity contribution in [2.45, 2.75) is 0 Å². The molecule has 2 aromatic rings. The first-order chi connectivity index (χ1) is 6.18.